The van der Waals surface area contributed by atoms with Crippen LogP contribution < -0.4 is 16.4 Å². The molecular formula is C15H29N3O2. The van der Waals surface area contributed by atoms with E-state index in [4.69, 9.17) is 10.5 Å². The minimum absolute atomic E-state index is 0.0138. The zero-order chi connectivity index (χ0) is 14.6. The number of amides is 1. The number of nitrogens with one attached hydrogen (secondary N) is 2. The van der Waals surface area contributed by atoms with E-state index in [0.29, 0.717) is 12.6 Å². The van der Waals surface area contributed by atoms with E-state index in [1.165, 1.54) is 12.8 Å². The molecule has 0 radical (unpaired) electrons. The smallest absolute Gasteiger partial charge is 0.237 e. The third-order valence-electron chi connectivity index (χ3n) is 4.89. The topological polar surface area (TPSA) is 76.4 Å². The quantitative estimate of drug-likeness (QED) is 0.707. The lowest BCUT2D eigenvalue weighted by Crippen LogP contribution is -2.55. The number of carbonyl (C=O) groups is 1. The minimum atomic E-state index is -0.398. The number of nitrogens with two attached hydrogens (primary N) is 1. The molecule has 2 atom stereocenters. The van der Waals surface area contributed by atoms with E-state index >= 15 is 0 Å². The highest BCUT2D eigenvalue weighted by atomic mass is 16.5. The van der Waals surface area contributed by atoms with Gasteiger partial charge in [0.25, 0.3) is 0 Å². The fraction of sp³-hybridized carbons (Fsp3) is 0.933. The highest BCUT2D eigenvalue weighted by Crippen LogP contribution is 2.29. The Morgan fingerprint density at radius 1 is 1.45 bits per heavy atom. The van der Waals surface area contributed by atoms with Crippen LogP contribution in [-0.4, -0.2) is 44.3 Å². The first-order valence-electron chi connectivity index (χ1n) is 7.85. The van der Waals surface area contributed by atoms with Crippen LogP contribution >= 0.6 is 0 Å². The summed E-state index contributed by atoms with van der Waals surface area (Å²) in [5.41, 5.74) is 6.32. The van der Waals surface area contributed by atoms with Crippen molar-refractivity contribution in [1.82, 2.24) is 10.6 Å². The molecule has 4 N–H and O–H groups in total. The van der Waals surface area contributed by atoms with Crippen LogP contribution in [0.3, 0.4) is 0 Å². The Morgan fingerprint density at radius 3 is 2.80 bits per heavy atom. The second-order valence-electron chi connectivity index (χ2n) is 6.82. The molecule has 116 valence electrons. The van der Waals surface area contributed by atoms with E-state index in [0.717, 1.165) is 32.6 Å². The second-order valence-corrected chi connectivity index (χ2v) is 6.82. The van der Waals surface area contributed by atoms with E-state index in [1.807, 2.05) is 0 Å². The van der Waals surface area contributed by atoms with Gasteiger partial charge < -0.3 is 21.1 Å². The number of rotatable bonds is 4. The Bertz CT molecular complexity index is 327. The van der Waals surface area contributed by atoms with Gasteiger partial charge in [0.05, 0.1) is 6.04 Å². The summed E-state index contributed by atoms with van der Waals surface area (Å²) in [6, 6.07) is -0.0623. The predicted molar refractivity (Wildman–Crippen MR) is 79.3 cm³/mol. The monoisotopic (exact) mass is 283 g/mol. The van der Waals surface area contributed by atoms with E-state index in [1.54, 1.807) is 0 Å². The Morgan fingerprint density at radius 2 is 2.15 bits per heavy atom. The highest BCUT2D eigenvalue weighted by Gasteiger charge is 2.33. The fourth-order valence-electron chi connectivity index (χ4n) is 3.23. The molecule has 2 fully saturated rings. The maximum atomic E-state index is 12.2. The lowest BCUT2D eigenvalue weighted by molar-refractivity contribution is -0.124. The van der Waals surface area contributed by atoms with Crippen molar-refractivity contribution >= 4 is 5.91 Å². The van der Waals surface area contributed by atoms with Crippen LogP contribution in [0.4, 0.5) is 0 Å². The Kier molecular flexibility index (Phi) is 5.41. The van der Waals surface area contributed by atoms with Gasteiger partial charge in [-0.15, -0.1) is 0 Å². The van der Waals surface area contributed by atoms with Crippen molar-refractivity contribution in [3.63, 3.8) is 0 Å². The van der Waals surface area contributed by atoms with Crippen LogP contribution in [0.25, 0.3) is 0 Å². The van der Waals surface area contributed by atoms with Crippen molar-refractivity contribution < 1.29 is 9.53 Å². The first-order valence-corrected chi connectivity index (χ1v) is 7.85. The molecule has 0 spiro atoms. The normalized spacial score (nSPS) is 28.9. The molecule has 2 unspecified atom stereocenters. The Hall–Kier alpha value is -0.650. The van der Waals surface area contributed by atoms with Gasteiger partial charge in [-0.1, -0.05) is 13.8 Å². The summed E-state index contributed by atoms with van der Waals surface area (Å²) < 4.78 is 5.31. The molecule has 1 amide bonds. The van der Waals surface area contributed by atoms with Gasteiger partial charge >= 0.3 is 0 Å². The van der Waals surface area contributed by atoms with Gasteiger partial charge in [0.1, 0.15) is 0 Å². The summed E-state index contributed by atoms with van der Waals surface area (Å²) in [6.45, 7) is 7.67. The molecule has 0 aliphatic carbocycles. The molecule has 0 saturated carbocycles. The SMILES string of the molecule is CC1(C)CCCNC1CNC(=O)C(N)C1CCOCC1. The van der Waals surface area contributed by atoms with Crippen LogP contribution in [0, 0.1) is 11.3 Å². The number of ether oxygens (including phenoxy) is 1. The highest BCUT2D eigenvalue weighted by molar-refractivity contribution is 5.81. The summed E-state index contributed by atoms with van der Waals surface area (Å²) in [6.07, 6.45) is 4.19. The molecule has 5 nitrogen and oxygen atoms in total. The maximum absolute atomic E-state index is 12.2. The summed E-state index contributed by atoms with van der Waals surface area (Å²) in [5, 5.41) is 6.55. The molecule has 0 aromatic carbocycles. The van der Waals surface area contributed by atoms with Crippen molar-refractivity contribution in [2.45, 2.75) is 51.6 Å². The maximum Gasteiger partial charge on any atom is 0.237 e. The van der Waals surface area contributed by atoms with Crippen molar-refractivity contribution in [1.29, 1.82) is 0 Å². The molecule has 2 aliphatic rings. The largest absolute Gasteiger partial charge is 0.381 e. The summed E-state index contributed by atoms with van der Waals surface area (Å²) >= 11 is 0. The van der Waals surface area contributed by atoms with Gasteiger partial charge in [-0.3, -0.25) is 4.79 Å². The fourth-order valence-corrected chi connectivity index (χ4v) is 3.23. The molecule has 2 heterocycles. The molecule has 2 aliphatic heterocycles. The lowest BCUT2D eigenvalue weighted by atomic mass is 9.77. The van der Waals surface area contributed by atoms with Gasteiger partial charge in [-0.25, -0.2) is 0 Å². The van der Waals surface area contributed by atoms with Crippen LogP contribution in [0.1, 0.15) is 39.5 Å². The molecular weight excluding hydrogens is 254 g/mol. The number of carbonyl (C=O) groups excluding carboxylic acids is 1. The molecule has 2 rings (SSSR count). The van der Waals surface area contributed by atoms with Gasteiger partial charge in [0, 0.05) is 25.8 Å². The predicted octanol–water partition coefficient (Wildman–Crippen LogP) is 0.635. The zero-order valence-corrected chi connectivity index (χ0v) is 12.8. The molecule has 20 heavy (non-hydrogen) atoms. The van der Waals surface area contributed by atoms with E-state index in [2.05, 4.69) is 24.5 Å². The van der Waals surface area contributed by atoms with Crippen LogP contribution in [0.5, 0.6) is 0 Å². The standard InChI is InChI=1S/C15H29N3O2/c1-15(2)6-3-7-17-12(15)10-18-14(19)13(16)11-4-8-20-9-5-11/h11-13,17H,3-10,16H2,1-2H3,(H,18,19). The van der Waals surface area contributed by atoms with Crippen molar-refractivity contribution in [3.05, 3.63) is 0 Å². The molecule has 0 aromatic heterocycles. The van der Waals surface area contributed by atoms with Gasteiger partial charge in [-0.2, -0.15) is 0 Å². The summed E-state index contributed by atoms with van der Waals surface area (Å²) in [5.74, 6) is 0.246. The molecule has 0 aromatic rings. The number of piperidine rings is 1. The van der Waals surface area contributed by atoms with Crippen LogP contribution in [0.15, 0.2) is 0 Å². The second kappa shape index (κ2) is 6.87. The van der Waals surface area contributed by atoms with Crippen LogP contribution in [-0.2, 0) is 9.53 Å². The van der Waals surface area contributed by atoms with Crippen molar-refractivity contribution in [2.24, 2.45) is 17.1 Å². The molecule has 2 saturated heterocycles. The molecule has 0 bridgehead atoms. The average molecular weight is 283 g/mol. The van der Waals surface area contributed by atoms with Gasteiger partial charge in [0.2, 0.25) is 5.91 Å². The zero-order valence-electron chi connectivity index (χ0n) is 12.8. The van der Waals surface area contributed by atoms with E-state index in [9.17, 15) is 4.79 Å². The average Bonchev–Trinajstić information content (AvgIpc) is 2.45. The minimum Gasteiger partial charge on any atom is -0.381 e. The first kappa shape index (κ1) is 15.7. The van der Waals surface area contributed by atoms with Gasteiger partial charge in [0.15, 0.2) is 0 Å². The van der Waals surface area contributed by atoms with E-state index in [-0.39, 0.29) is 17.2 Å². The summed E-state index contributed by atoms with van der Waals surface area (Å²) in [7, 11) is 0. The third-order valence-corrected chi connectivity index (χ3v) is 4.89. The number of hydrogen-bond acceptors (Lipinski definition) is 4. The molecule has 5 heteroatoms. The van der Waals surface area contributed by atoms with Crippen molar-refractivity contribution in [2.75, 3.05) is 26.3 Å². The van der Waals surface area contributed by atoms with E-state index < -0.39 is 6.04 Å². The number of hydrogen-bond donors (Lipinski definition) is 3. The Labute approximate surface area is 122 Å². The van der Waals surface area contributed by atoms with Crippen molar-refractivity contribution in [3.8, 4) is 0 Å². The third kappa shape index (κ3) is 3.93. The lowest BCUT2D eigenvalue weighted by Gasteiger charge is -2.39. The Balaban J connectivity index is 1.78. The summed E-state index contributed by atoms with van der Waals surface area (Å²) in [4.78, 5) is 12.2. The van der Waals surface area contributed by atoms with Gasteiger partial charge in [-0.05, 0) is 43.6 Å². The van der Waals surface area contributed by atoms with Crippen LogP contribution in [0.2, 0.25) is 0 Å². The first-order chi connectivity index (χ1) is 9.50.